The van der Waals surface area contributed by atoms with Gasteiger partial charge in [-0.1, -0.05) is 32.4 Å². The molecule has 0 aliphatic heterocycles. The number of benzene rings is 1. The van der Waals surface area contributed by atoms with Crippen LogP contribution in [0.1, 0.15) is 45.1 Å². The SMILES string of the molecule is CCCOc1cccc(CCC(O)CCC)c1. The van der Waals surface area contributed by atoms with Gasteiger partial charge < -0.3 is 9.84 Å². The summed E-state index contributed by atoms with van der Waals surface area (Å²) in [5.41, 5.74) is 1.24. The maximum absolute atomic E-state index is 9.69. The minimum absolute atomic E-state index is 0.166. The Morgan fingerprint density at radius 1 is 1.18 bits per heavy atom. The van der Waals surface area contributed by atoms with E-state index in [4.69, 9.17) is 4.74 Å². The Hall–Kier alpha value is -1.02. The lowest BCUT2D eigenvalue weighted by atomic mass is 10.0. The Morgan fingerprint density at radius 2 is 2.00 bits per heavy atom. The van der Waals surface area contributed by atoms with Crippen molar-refractivity contribution in [1.29, 1.82) is 0 Å². The van der Waals surface area contributed by atoms with Crippen molar-refractivity contribution in [3.63, 3.8) is 0 Å². The second kappa shape index (κ2) is 8.13. The van der Waals surface area contributed by atoms with Crippen molar-refractivity contribution in [3.05, 3.63) is 29.8 Å². The van der Waals surface area contributed by atoms with Gasteiger partial charge in [0.15, 0.2) is 0 Å². The highest BCUT2D eigenvalue weighted by Crippen LogP contribution is 2.16. The molecule has 0 spiro atoms. The predicted molar refractivity (Wildman–Crippen MR) is 71.5 cm³/mol. The Balaban J connectivity index is 2.42. The lowest BCUT2D eigenvalue weighted by Gasteiger charge is -2.10. The zero-order valence-corrected chi connectivity index (χ0v) is 11.0. The molecule has 17 heavy (non-hydrogen) atoms. The predicted octanol–water partition coefficient (Wildman–Crippen LogP) is 3.57. The van der Waals surface area contributed by atoms with Crippen molar-refractivity contribution in [3.8, 4) is 5.75 Å². The van der Waals surface area contributed by atoms with Gasteiger partial charge >= 0.3 is 0 Å². The van der Waals surface area contributed by atoms with E-state index in [0.29, 0.717) is 0 Å². The van der Waals surface area contributed by atoms with Gasteiger partial charge in [-0.15, -0.1) is 0 Å². The number of aliphatic hydroxyl groups is 1. The third-order valence-corrected chi connectivity index (χ3v) is 2.76. The zero-order valence-electron chi connectivity index (χ0n) is 11.0. The Bertz CT molecular complexity index is 310. The molecule has 1 rings (SSSR count). The van der Waals surface area contributed by atoms with Crippen LogP contribution in [-0.4, -0.2) is 17.8 Å². The minimum atomic E-state index is -0.166. The van der Waals surface area contributed by atoms with Crippen LogP contribution in [0.15, 0.2) is 24.3 Å². The van der Waals surface area contributed by atoms with Gasteiger partial charge in [-0.05, 0) is 43.4 Å². The highest BCUT2D eigenvalue weighted by molar-refractivity contribution is 5.28. The topological polar surface area (TPSA) is 29.5 Å². The van der Waals surface area contributed by atoms with Gasteiger partial charge in [0.1, 0.15) is 5.75 Å². The summed E-state index contributed by atoms with van der Waals surface area (Å²) in [6, 6.07) is 8.18. The Labute approximate surface area is 105 Å². The van der Waals surface area contributed by atoms with Crippen LogP contribution in [0, 0.1) is 0 Å². The summed E-state index contributed by atoms with van der Waals surface area (Å²) in [6.45, 7) is 4.97. The molecule has 0 bridgehead atoms. The molecule has 0 heterocycles. The smallest absolute Gasteiger partial charge is 0.119 e. The molecule has 1 atom stereocenters. The number of rotatable bonds is 8. The molecule has 1 unspecified atom stereocenters. The van der Waals surface area contributed by atoms with E-state index in [1.165, 1.54) is 5.56 Å². The molecule has 0 aliphatic carbocycles. The number of hydrogen-bond acceptors (Lipinski definition) is 2. The molecule has 0 saturated heterocycles. The van der Waals surface area contributed by atoms with Crippen LogP contribution < -0.4 is 4.74 Å². The normalized spacial score (nSPS) is 12.4. The minimum Gasteiger partial charge on any atom is -0.494 e. The quantitative estimate of drug-likeness (QED) is 0.747. The summed E-state index contributed by atoms with van der Waals surface area (Å²) in [7, 11) is 0. The molecule has 0 aromatic heterocycles. The van der Waals surface area contributed by atoms with E-state index >= 15 is 0 Å². The highest BCUT2D eigenvalue weighted by Gasteiger charge is 2.04. The number of aliphatic hydroxyl groups excluding tert-OH is 1. The van der Waals surface area contributed by atoms with E-state index in [1.807, 2.05) is 12.1 Å². The fourth-order valence-electron chi connectivity index (χ4n) is 1.82. The molecule has 0 amide bonds. The number of ether oxygens (including phenoxy) is 1. The van der Waals surface area contributed by atoms with Crippen LogP contribution in [0.3, 0.4) is 0 Å². The standard InChI is InChI=1S/C15H24O2/c1-3-6-14(16)10-9-13-7-5-8-15(12-13)17-11-4-2/h5,7-8,12,14,16H,3-4,6,9-11H2,1-2H3. The van der Waals surface area contributed by atoms with E-state index in [0.717, 1.165) is 44.5 Å². The van der Waals surface area contributed by atoms with E-state index in [-0.39, 0.29) is 6.10 Å². The monoisotopic (exact) mass is 236 g/mol. The van der Waals surface area contributed by atoms with E-state index in [9.17, 15) is 5.11 Å². The fourth-order valence-corrected chi connectivity index (χ4v) is 1.82. The van der Waals surface area contributed by atoms with Crippen molar-refractivity contribution < 1.29 is 9.84 Å². The first-order valence-electron chi connectivity index (χ1n) is 6.66. The average Bonchev–Trinajstić information content (AvgIpc) is 2.35. The van der Waals surface area contributed by atoms with Crippen LogP contribution in [0.2, 0.25) is 0 Å². The Kier molecular flexibility index (Phi) is 6.71. The van der Waals surface area contributed by atoms with Crippen molar-refractivity contribution in [1.82, 2.24) is 0 Å². The zero-order chi connectivity index (χ0) is 12.5. The summed E-state index contributed by atoms with van der Waals surface area (Å²) in [5.74, 6) is 0.939. The largest absolute Gasteiger partial charge is 0.494 e. The molecular weight excluding hydrogens is 212 g/mol. The second-order valence-electron chi connectivity index (χ2n) is 4.48. The van der Waals surface area contributed by atoms with Crippen LogP contribution in [0.4, 0.5) is 0 Å². The Morgan fingerprint density at radius 3 is 2.71 bits per heavy atom. The van der Waals surface area contributed by atoms with E-state index < -0.39 is 0 Å². The fraction of sp³-hybridized carbons (Fsp3) is 0.600. The third-order valence-electron chi connectivity index (χ3n) is 2.76. The van der Waals surface area contributed by atoms with E-state index in [2.05, 4.69) is 26.0 Å². The van der Waals surface area contributed by atoms with Gasteiger partial charge in [-0.25, -0.2) is 0 Å². The summed E-state index contributed by atoms with van der Waals surface area (Å²) in [6.07, 6.45) is 4.56. The first-order chi connectivity index (χ1) is 8.26. The molecule has 1 aromatic rings. The van der Waals surface area contributed by atoms with Crippen molar-refractivity contribution >= 4 is 0 Å². The van der Waals surface area contributed by atoms with Gasteiger partial charge in [0, 0.05) is 0 Å². The lowest BCUT2D eigenvalue weighted by molar-refractivity contribution is 0.154. The van der Waals surface area contributed by atoms with Gasteiger partial charge in [-0.2, -0.15) is 0 Å². The van der Waals surface area contributed by atoms with Crippen LogP contribution in [0.5, 0.6) is 5.75 Å². The average molecular weight is 236 g/mol. The van der Waals surface area contributed by atoms with Gasteiger partial charge in [0.25, 0.3) is 0 Å². The highest BCUT2D eigenvalue weighted by atomic mass is 16.5. The summed E-state index contributed by atoms with van der Waals surface area (Å²) in [4.78, 5) is 0. The molecule has 0 radical (unpaired) electrons. The van der Waals surface area contributed by atoms with E-state index in [1.54, 1.807) is 0 Å². The number of hydrogen-bond donors (Lipinski definition) is 1. The van der Waals surface area contributed by atoms with Crippen LogP contribution in [-0.2, 0) is 6.42 Å². The van der Waals surface area contributed by atoms with Crippen LogP contribution >= 0.6 is 0 Å². The summed E-state index contributed by atoms with van der Waals surface area (Å²) in [5, 5.41) is 9.69. The third kappa shape index (κ3) is 5.73. The first kappa shape index (κ1) is 14.0. The molecular formula is C15H24O2. The summed E-state index contributed by atoms with van der Waals surface area (Å²) < 4.78 is 5.59. The van der Waals surface area contributed by atoms with Gasteiger partial charge in [0.05, 0.1) is 12.7 Å². The van der Waals surface area contributed by atoms with Crippen molar-refractivity contribution in [2.24, 2.45) is 0 Å². The molecule has 0 saturated carbocycles. The first-order valence-corrected chi connectivity index (χ1v) is 6.66. The van der Waals surface area contributed by atoms with Crippen molar-refractivity contribution in [2.75, 3.05) is 6.61 Å². The lowest BCUT2D eigenvalue weighted by Crippen LogP contribution is -2.07. The molecule has 0 fully saturated rings. The van der Waals surface area contributed by atoms with Crippen molar-refractivity contribution in [2.45, 2.75) is 52.1 Å². The van der Waals surface area contributed by atoms with Gasteiger partial charge in [-0.3, -0.25) is 0 Å². The van der Waals surface area contributed by atoms with Gasteiger partial charge in [0.2, 0.25) is 0 Å². The molecule has 2 nitrogen and oxygen atoms in total. The number of aryl methyl sites for hydroxylation is 1. The maximum Gasteiger partial charge on any atom is 0.119 e. The molecule has 1 aromatic carbocycles. The molecule has 96 valence electrons. The molecule has 1 N–H and O–H groups in total. The maximum atomic E-state index is 9.69. The molecule has 0 aliphatic rings. The summed E-state index contributed by atoms with van der Waals surface area (Å²) >= 11 is 0. The second-order valence-corrected chi connectivity index (χ2v) is 4.48. The molecule has 2 heteroatoms. The van der Waals surface area contributed by atoms with Crippen LogP contribution in [0.25, 0.3) is 0 Å².